The van der Waals surface area contributed by atoms with E-state index in [-0.39, 0.29) is 12.5 Å². The fraction of sp³-hybridized carbons (Fsp3) is 0.286. The highest BCUT2D eigenvalue weighted by molar-refractivity contribution is 5.85. The van der Waals surface area contributed by atoms with Crippen LogP contribution in [0, 0.1) is 0 Å². The lowest BCUT2D eigenvalue weighted by atomic mass is 10.1. The van der Waals surface area contributed by atoms with Gasteiger partial charge < -0.3 is 14.7 Å². The summed E-state index contributed by atoms with van der Waals surface area (Å²) in [6.45, 7) is 1.81. The third kappa shape index (κ3) is 3.93. The highest BCUT2D eigenvalue weighted by Crippen LogP contribution is 2.11. The van der Waals surface area contributed by atoms with E-state index in [1.807, 2.05) is 24.3 Å². The van der Waals surface area contributed by atoms with Crippen LogP contribution in [-0.2, 0) is 20.9 Å². The lowest BCUT2D eigenvalue weighted by molar-refractivity contribution is -0.143. The largest absolute Gasteiger partial charge is 0.478 e. The number of carbonyl (C=O) groups excluding carboxylic acids is 1. The number of hydrogen-bond acceptors (Lipinski definition) is 3. The molecule has 0 bridgehead atoms. The average molecular weight is 261 g/mol. The molecule has 0 saturated carbocycles. The average Bonchev–Trinajstić information content (AvgIpc) is 2.40. The van der Waals surface area contributed by atoms with Crippen LogP contribution in [0.1, 0.15) is 11.1 Å². The number of hydrogen-bond donors (Lipinski definition) is 1. The molecule has 1 N–H and O–H groups in total. The van der Waals surface area contributed by atoms with Crippen LogP contribution < -0.4 is 0 Å². The van der Waals surface area contributed by atoms with Gasteiger partial charge in [0, 0.05) is 19.2 Å². The number of ether oxygens (including phenoxy) is 1. The molecular weight excluding hydrogens is 246 g/mol. The Balaban J connectivity index is 2.06. The van der Waals surface area contributed by atoms with Gasteiger partial charge in [0.15, 0.2) is 0 Å². The standard InChI is InChI=1S/C14H15NO4/c16-13-10-19-7-6-15(13)9-12-3-1-2-11(8-12)4-5-14(17)18/h1-5,8H,6-7,9-10H2,(H,17,18). The van der Waals surface area contributed by atoms with Crippen molar-refractivity contribution in [1.82, 2.24) is 4.90 Å². The van der Waals surface area contributed by atoms with Crippen molar-refractivity contribution in [3.8, 4) is 0 Å². The highest BCUT2D eigenvalue weighted by atomic mass is 16.5. The number of carbonyl (C=O) groups is 2. The lowest BCUT2D eigenvalue weighted by Gasteiger charge is -2.26. The van der Waals surface area contributed by atoms with E-state index < -0.39 is 5.97 Å². The zero-order valence-electron chi connectivity index (χ0n) is 10.4. The van der Waals surface area contributed by atoms with E-state index in [9.17, 15) is 9.59 Å². The van der Waals surface area contributed by atoms with Gasteiger partial charge in [0.1, 0.15) is 6.61 Å². The van der Waals surface area contributed by atoms with Gasteiger partial charge in [0.05, 0.1) is 6.61 Å². The molecule has 0 aliphatic carbocycles. The molecule has 1 amide bonds. The minimum absolute atomic E-state index is 0.0160. The summed E-state index contributed by atoms with van der Waals surface area (Å²) in [6.07, 6.45) is 2.63. The number of rotatable bonds is 4. The Hall–Kier alpha value is -2.14. The first-order valence-corrected chi connectivity index (χ1v) is 6.00. The Morgan fingerprint density at radius 3 is 3.05 bits per heavy atom. The van der Waals surface area contributed by atoms with Crippen LogP contribution in [0.2, 0.25) is 0 Å². The van der Waals surface area contributed by atoms with E-state index in [1.165, 1.54) is 6.08 Å². The van der Waals surface area contributed by atoms with Gasteiger partial charge in [-0.2, -0.15) is 0 Å². The lowest BCUT2D eigenvalue weighted by Crippen LogP contribution is -2.40. The number of amides is 1. The Morgan fingerprint density at radius 1 is 1.47 bits per heavy atom. The molecule has 0 radical (unpaired) electrons. The Bertz CT molecular complexity index is 510. The highest BCUT2D eigenvalue weighted by Gasteiger charge is 2.18. The van der Waals surface area contributed by atoms with E-state index in [0.29, 0.717) is 19.7 Å². The maximum absolute atomic E-state index is 11.6. The summed E-state index contributed by atoms with van der Waals surface area (Å²) in [6, 6.07) is 7.47. The predicted molar refractivity (Wildman–Crippen MR) is 69.3 cm³/mol. The number of benzene rings is 1. The van der Waals surface area contributed by atoms with Crippen molar-refractivity contribution in [3.63, 3.8) is 0 Å². The number of aliphatic carboxylic acids is 1. The molecule has 1 aliphatic heterocycles. The molecule has 19 heavy (non-hydrogen) atoms. The van der Waals surface area contributed by atoms with E-state index in [2.05, 4.69) is 0 Å². The first kappa shape index (κ1) is 13.3. The Kier molecular flexibility index (Phi) is 4.30. The second kappa shape index (κ2) is 6.15. The minimum Gasteiger partial charge on any atom is -0.478 e. The maximum Gasteiger partial charge on any atom is 0.328 e. The molecule has 0 atom stereocenters. The van der Waals surface area contributed by atoms with Crippen LogP contribution in [-0.4, -0.2) is 41.6 Å². The van der Waals surface area contributed by atoms with Crippen molar-refractivity contribution in [3.05, 3.63) is 41.5 Å². The molecule has 100 valence electrons. The first-order valence-electron chi connectivity index (χ1n) is 6.00. The molecule has 5 nitrogen and oxygen atoms in total. The van der Waals surface area contributed by atoms with Gasteiger partial charge in [-0.15, -0.1) is 0 Å². The van der Waals surface area contributed by atoms with Gasteiger partial charge in [-0.25, -0.2) is 4.79 Å². The maximum atomic E-state index is 11.6. The molecule has 1 aromatic rings. The number of carboxylic acid groups (broad SMARTS) is 1. The molecule has 0 aromatic heterocycles. The van der Waals surface area contributed by atoms with Gasteiger partial charge in [-0.05, 0) is 23.3 Å². The molecule has 5 heteroatoms. The van der Waals surface area contributed by atoms with Crippen LogP contribution in [0.25, 0.3) is 6.08 Å². The summed E-state index contributed by atoms with van der Waals surface area (Å²) in [7, 11) is 0. The minimum atomic E-state index is -0.978. The van der Waals surface area contributed by atoms with Crippen LogP contribution in [0.3, 0.4) is 0 Å². The molecule has 2 rings (SSSR count). The van der Waals surface area contributed by atoms with Gasteiger partial charge >= 0.3 is 5.97 Å². The fourth-order valence-corrected chi connectivity index (χ4v) is 1.90. The summed E-state index contributed by atoms with van der Waals surface area (Å²) in [5.74, 6) is -0.994. The Morgan fingerprint density at radius 2 is 2.32 bits per heavy atom. The third-order valence-electron chi connectivity index (χ3n) is 2.83. The normalized spacial score (nSPS) is 16.0. The monoisotopic (exact) mass is 261 g/mol. The van der Waals surface area contributed by atoms with Crippen molar-refractivity contribution < 1.29 is 19.4 Å². The molecule has 1 aliphatic rings. The van der Waals surface area contributed by atoms with Crippen LogP contribution in [0.4, 0.5) is 0 Å². The van der Waals surface area contributed by atoms with E-state index in [4.69, 9.17) is 9.84 Å². The summed E-state index contributed by atoms with van der Waals surface area (Å²) in [5.41, 5.74) is 1.78. The Labute approximate surface area is 111 Å². The topological polar surface area (TPSA) is 66.8 Å². The number of nitrogens with zero attached hydrogens (tertiary/aromatic N) is 1. The van der Waals surface area contributed by atoms with Crippen LogP contribution in [0.15, 0.2) is 30.3 Å². The first-order chi connectivity index (χ1) is 9.15. The SMILES string of the molecule is O=C(O)C=Cc1cccc(CN2CCOCC2=O)c1. The van der Waals surface area contributed by atoms with Gasteiger partial charge in [0.25, 0.3) is 0 Å². The van der Waals surface area contributed by atoms with E-state index in [0.717, 1.165) is 17.2 Å². The third-order valence-corrected chi connectivity index (χ3v) is 2.83. The van der Waals surface area contributed by atoms with Crippen molar-refractivity contribution in [1.29, 1.82) is 0 Å². The molecule has 0 spiro atoms. The zero-order chi connectivity index (χ0) is 13.7. The second-order valence-electron chi connectivity index (χ2n) is 4.28. The van der Waals surface area contributed by atoms with Crippen molar-refractivity contribution in [2.75, 3.05) is 19.8 Å². The predicted octanol–water partition coefficient (Wildman–Crippen LogP) is 1.14. The van der Waals surface area contributed by atoms with Crippen LogP contribution in [0.5, 0.6) is 0 Å². The van der Waals surface area contributed by atoms with Gasteiger partial charge in [-0.3, -0.25) is 4.79 Å². The molecular formula is C14H15NO4. The second-order valence-corrected chi connectivity index (χ2v) is 4.28. The molecule has 1 heterocycles. The molecule has 1 saturated heterocycles. The molecule has 1 aromatic carbocycles. The van der Waals surface area contributed by atoms with E-state index >= 15 is 0 Å². The molecule has 0 unspecified atom stereocenters. The number of carboxylic acids is 1. The smallest absolute Gasteiger partial charge is 0.328 e. The van der Waals surface area contributed by atoms with E-state index in [1.54, 1.807) is 4.90 Å². The van der Waals surface area contributed by atoms with Gasteiger partial charge in [0.2, 0.25) is 5.91 Å². The summed E-state index contributed by atoms with van der Waals surface area (Å²) >= 11 is 0. The van der Waals surface area contributed by atoms with Crippen molar-refractivity contribution >= 4 is 18.0 Å². The fourth-order valence-electron chi connectivity index (χ4n) is 1.90. The molecule has 1 fully saturated rings. The quantitative estimate of drug-likeness (QED) is 0.825. The van der Waals surface area contributed by atoms with Gasteiger partial charge in [-0.1, -0.05) is 18.2 Å². The number of morpholine rings is 1. The van der Waals surface area contributed by atoms with Crippen molar-refractivity contribution in [2.45, 2.75) is 6.54 Å². The summed E-state index contributed by atoms with van der Waals surface area (Å²) < 4.78 is 5.07. The zero-order valence-corrected chi connectivity index (χ0v) is 10.4. The summed E-state index contributed by atoms with van der Waals surface area (Å²) in [4.78, 5) is 23.8. The van der Waals surface area contributed by atoms with Crippen LogP contribution >= 0.6 is 0 Å². The summed E-state index contributed by atoms with van der Waals surface area (Å²) in [5, 5.41) is 8.59. The van der Waals surface area contributed by atoms with Crippen molar-refractivity contribution in [2.24, 2.45) is 0 Å².